The van der Waals surface area contributed by atoms with Gasteiger partial charge in [0.05, 0.1) is 7.11 Å². The van der Waals surface area contributed by atoms with Crippen LogP contribution in [0, 0.1) is 5.21 Å². The van der Waals surface area contributed by atoms with E-state index in [4.69, 9.17) is 4.74 Å². The second-order valence-corrected chi connectivity index (χ2v) is 4.58. The number of hydrogen-bond acceptors (Lipinski definition) is 3. The SMILES string of the molecule is COc1ccc(-c2n[n+]([O-])ccc2-c2ccccc2)cc1. The van der Waals surface area contributed by atoms with Gasteiger partial charge in [0.15, 0.2) is 0 Å². The van der Waals surface area contributed by atoms with Crippen molar-refractivity contribution >= 4 is 0 Å². The highest BCUT2D eigenvalue weighted by Crippen LogP contribution is 2.30. The molecule has 4 heteroatoms. The van der Waals surface area contributed by atoms with Gasteiger partial charge in [0, 0.05) is 22.3 Å². The fourth-order valence-electron chi connectivity index (χ4n) is 2.22. The van der Waals surface area contributed by atoms with E-state index in [2.05, 4.69) is 5.10 Å². The Kier molecular flexibility index (Phi) is 3.51. The molecule has 0 aliphatic rings. The molecule has 104 valence electrons. The van der Waals surface area contributed by atoms with Crippen LogP contribution in [0.15, 0.2) is 66.9 Å². The van der Waals surface area contributed by atoms with E-state index in [1.54, 1.807) is 13.2 Å². The molecular formula is C17H14N2O2. The monoisotopic (exact) mass is 278 g/mol. The molecule has 0 radical (unpaired) electrons. The maximum atomic E-state index is 11.6. The summed E-state index contributed by atoms with van der Waals surface area (Å²) < 4.78 is 5.16. The molecule has 0 saturated carbocycles. The fourth-order valence-corrected chi connectivity index (χ4v) is 2.22. The predicted molar refractivity (Wildman–Crippen MR) is 80.6 cm³/mol. The van der Waals surface area contributed by atoms with Gasteiger partial charge in [-0.05, 0) is 29.8 Å². The van der Waals surface area contributed by atoms with Gasteiger partial charge < -0.3 is 9.94 Å². The maximum Gasteiger partial charge on any atom is 0.210 e. The molecule has 0 bridgehead atoms. The topological polar surface area (TPSA) is 49.1 Å². The van der Waals surface area contributed by atoms with Crippen molar-refractivity contribution in [1.29, 1.82) is 0 Å². The molecule has 0 N–H and O–H groups in total. The van der Waals surface area contributed by atoms with Crippen molar-refractivity contribution in [1.82, 2.24) is 5.10 Å². The van der Waals surface area contributed by atoms with Gasteiger partial charge in [-0.2, -0.15) is 0 Å². The molecule has 0 amide bonds. The number of benzene rings is 2. The lowest BCUT2D eigenvalue weighted by Gasteiger charge is -2.08. The van der Waals surface area contributed by atoms with Crippen molar-refractivity contribution in [3.63, 3.8) is 0 Å². The first-order valence-corrected chi connectivity index (χ1v) is 6.58. The van der Waals surface area contributed by atoms with Crippen LogP contribution in [-0.2, 0) is 0 Å². The largest absolute Gasteiger partial charge is 0.594 e. The highest BCUT2D eigenvalue weighted by atomic mass is 16.5. The van der Waals surface area contributed by atoms with E-state index in [0.717, 1.165) is 22.4 Å². The van der Waals surface area contributed by atoms with Crippen molar-refractivity contribution < 1.29 is 9.58 Å². The van der Waals surface area contributed by atoms with E-state index in [-0.39, 0.29) is 0 Å². The molecule has 3 aromatic rings. The van der Waals surface area contributed by atoms with Crippen LogP contribution in [0.5, 0.6) is 5.75 Å². The molecule has 3 rings (SSSR count). The summed E-state index contributed by atoms with van der Waals surface area (Å²) in [7, 11) is 1.62. The normalized spacial score (nSPS) is 10.3. The molecule has 0 atom stereocenters. The van der Waals surface area contributed by atoms with Gasteiger partial charge in [0.2, 0.25) is 6.20 Å². The first-order valence-electron chi connectivity index (χ1n) is 6.58. The third-order valence-electron chi connectivity index (χ3n) is 3.27. The van der Waals surface area contributed by atoms with Crippen LogP contribution in [0.2, 0.25) is 0 Å². The third-order valence-corrected chi connectivity index (χ3v) is 3.27. The van der Waals surface area contributed by atoms with Crippen LogP contribution in [0.1, 0.15) is 0 Å². The Morgan fingerprint density at radius 1 is 0.905 bits per heavy atom. The van der Waals surface area contributed by atoms with Crippen LogP contribution >= 0.6 is 0 Å². The fraction of sp³-hybridized carbons (Fsp3) is 0.0588. The minimum absolute atomic E-state index is 0.575. The van der Waals surface area contributed by atoms with Crippen LogP contribution in [0.25, 0.3) is 22.4 Å². The summed E-state index contributed by atoms with van der Waals surface area (Å²) in [6.07, 6.45) is 1.41. The molecule has 0 fully saturated rings. The Hall–Kier alpha value is -2.88. The van der Waals surface area contributed by atoms with Gasteiger partial charge in [0.25, 0.3) is 0 Å². The Labute approximate surface area is 122 Å². The summed E-state index contributed by atoms with van der Waals surface area (Å²) in [6, 6.07) is 19.2. The van der Waals surface area contributed by atoms with Crippen molar-refractivity contribution in [2.45, 2.75) is 0 Å². The zero-order valence-corrected chi connectivity index (χ0v) is 11.6. The summed E-state index contributed by atoms with van der Waals surface area (Å²) in [4.78, 5) is 0.575. The Morgan fingerprint density at radius 2 is 1.62 bits per heavy atom. The molecule has 0 saturated heterocycles. The van der Waals surface area contributed by atoms with E-state index in [1.165, 1.54) is 6.20 Å². The van der Waals surface area contributed by atoms with E-state index in [0.29, 0.717) is 10.5 Å². The number of hydrogen-bond donors (Lipinski definition) is 0. The molecule has 0 aliphatic heterocycles. The zero-order valence-electron chi connectivity index (χ0n) is 11.6. The van der Waals surface area contributed by atoms with E-state index in [1.807, 2.05) is 54.6 Å². The van der Waals surface area contributed by atoms with Gasteiger partial charge in [0.1, 0.15) is 11.4 Å². The van der Waals surface area contributed by atoms with Crippen molar-refractivity contribution in [2.75, 3.05) is 7.11 Å². The van der Waals surface area contributed by atoms with Crippen LogP contribution in [-0.4, -0.2) is 12.2 Å². The lowest BCUT2D eigenvalue weighted by Crippen LogP contribution is -2.30. The number of rotatable bonds is 3. The first kappa shape index (κ1) is 13.1. The third kappa shape index (κ3) is 2.69. The molecule has 0 unspecified atom stereocenters. The molecule has 0 spiro atoms. The molecule has 1 heterocycles. The number of ether oxygens (including phenoxy) is 1. The van der Waals surface area contributed by atoms with Crippen molar-refractivity contribution in [3.05, 3.63) is 72.1 Å². The summed E-state index contributed by atoms with van der Waals surface area (Å²) in [5, 5.41) is 15.6. The smallest absolute Gasteiger partial charge is 0.210 e. The van der Waals surface area contributed by atoms with Gasteiger partial charge in [-0.1, -0.05) is 35.2 Å². The van der Waals surface area contributed by atoms with Crippen molar-refractivity contribution in [2.24, 2.45) is 0 Å². The Bertz CT molecular complexity index is 740. The number of nitrogens with zero attached hydrogens (tertiary/aromatic N) is 2. The standard InChI is InChI=1S/C17H14N2O2/c1-21-15-9-7-14(8-10-15)17-16(11-12-19(20)18-17)13-5-3-2-4-6-13/h2-12H,1H3. The number of aromatic nitrogens is 2. The second-order valence-electron chi connectivity index (χ2n) is 4.58. The minimum atomic E-state index is 0.575. The molecule has 0 aliphatic carbocycles. The predicted octanol–water partition coefficient (Wildman–Crippen LogP) is 3.06. The lowest BCUT2D eigenvalue weighted by molar-refractivity contribution is -0.668. The Balaban J connectivity index is 2.14. The minimum Gasteiger partial charge on any atom is -0.594 e. The summed E-state index contributed by atoms with van der Waals surface area (Å²) >= 11 is 0. The van der Waals surface area contributed by atoms with Gasteiger partial charge >= 0.3 is 0 Å². The highest BCUT2D eigenvalue weighted by molar-refractivity contribution is 5.79. The Morgan fingerprint density at radius 3 is 2.29 bits per heavy atom. The average molecular weight is 278 g/mol. The summed E-state index contributed by atoms with van der Waals surface area (Å²) in [5.74, 6) is 0.769. The molecule has 1 aromatic heterocycles. The van der Waals surface area contributed by atoms with Crippen molar-refractivity contribution in [3.8, 4) is 28.1 Å². The maximum absolute atomic E-state index is 11.6. The van der Waals surface area contributed by atoms with Gasteiger partial charge in [-0.15, -0.1) is 0 Å². The summed E-state index contributed by atoms with van der Waals surface area (Å²) in [6.45, 7) is 0. The molecule has 21 heavy (non-hydrogen) atoms. The summed E-state index contributed by atoms with van der Waals surface area (Å²) in [5.41, 5.74) is 3.48. The molecule has 2 aromatic carbocycles. The lowest BCUT2D eigenvalue weighted by atomic mass is 10.0. The first-order chi connectivity index (χ1) is 10.3. The van der Waals surface area contributed by atoms with Gasteiger partial charge in [-0.25, -0.2) is 0 Å². The molecular weight excluding hydrogens is 264 g/mol. The van der Waals surface area contributed by atoms with Crippen LogP contribution < -0.4 is 9.58 Å². The quantitative estimate of drug-likeness (QED) is 0.546. The average Bonchev–Trinajstić information content (AvgIpc) is 2.56. The number of methoxy groups -OCH3 is 1. The van der Waals surface area contributed by atoms with Crippen LogP contribution in [0.3, 0.4) is 0 Å². The van der Waals surface area contributed by atoms with E-state index >= 15 is 0 Å². The van der Waals surface area contributed by atoms with Crippen LogP contribution in [0.4, 0.5) is 0 Å². The second kappa shape index (κ2) is 5.63. The van der Waals surface area contributed by atoms with E-state index in [9.17, 15) is 5.21 Å². The zero-order chi connectivity index (χ0) is 14.7. The van der Waals surface area contributed by atoms with E-state index < -0.39 is 0 Å². The van der Waals surface area contributed by atoms with Gasteiger partial charge in [-0.3, -0.25) is 0 Å². The highest BCUT2D eigenvalue weighted by Gasteiger charge is 2.13. The molecule has 4 nitrogen and oxygen atoms in total.